The second-order valence-corrected chi connectivity index (χ2v) is 8.73. The SMILES string of the molecule is COc1ccc(C(=O)NNC(=O)c2ccc(Cl)cc2)cc1S(=O)(=O)N1CCCC1. The first kappa shape index (κ1) is 21.1. The van der Waals surface area contributed by atoms with Crippen molar-refractivity contribution in [2.45, 2.75) is 17.7 Å². The molecule has 1 aliphatic heterocycles. The van der Waals surface area contributed by atoms with Gasteiger partial charge in [-0.1, -0.05) is 11.6 Å². The summed E-state index contributed by atoms with van der Waals surface area (Å²) in [4.78, 5) is 24.5. The maximum atomic E-state index is 12.9. The van der Waals surface area contributed by atoms with Crippen LogP contribution in [0.5, 0.6) is 5.75 Å². The van der Waals surface area contributed by atoms with Crippen molar-refractivity contribution in [1.82, 2.24) is 15.2 Å². The largest absolute Gasteiger partial charge is 0.495 e. The zero-order valence-corrected chi connectivity index (χ0v) is 17.2. The lowest BCUT2D eigenvalue weighted by Crippen LogP contribution is -2.41. The molecule has 2 aromatic rings. The number of amides is 2. The molecule has 154 valence electrons. The van der Waals surface area contributed by atoms with Gasteiger partial charge in [0.05, 0.1) is 7.11 Å². The van der Waals surface area contributed by atoms with Crippen molar-refractivity contribution < 1.29 is 22.7 Å². The van der Waals surface area contributed by atoms with Crippen LogP contribution in [0.2, 0.25) is 5.02 Å². The van der Waals surface area contributed by atoms with E-state index in [0.717, 1.165) is 12.8 Å². The van der Waals surface area contributed by atoms with Crippen LogP contribution in [-0.4, -0.2) is 44.7 Å². The molecular weight excluding hydrogens is 418 g/mol. The van der Waals surface area contributed by atoms with E-state index in [9.17, 15) is 18.0 Å². The second kappa shape index (κ2) is 8.81. The first-order chi connectivity index (χ1) is 13.8. The van der Waals surface area contributed by atoms with E-state index >= 15 is 0 Å². The minimum atomic E-state index is -3.79. The molecule has 0 atom stereocenters. The number of rotatable bonds is 5. The number of hydrazine groups is 1. The third kappa shape index (κ3) is 4.69. The van der Waals surface area contributed by atoms with Gasteiger partial charge >= 0.3 is 0 Å². The fourth-order valence-electron chi connectivity index (χ4n) is 2.95. The molecule has 0 unspecified atom stereocenters. The van der Waals surface area contributed by atoms with Crippen LogP contribution >= 0.6 is 11.6 Å². The standard InChI is InChI=1S/C19H20ClN3O5S/c1-28-16-9-6-14(12-17(16)29(26,27)23-10-2-3-11-23)19(25)22-21-18(24)13-4-7-15(20)8-5-13/h4-9,12H,2-3,10-11H2,1H3,(H,21,24)(H,22,25). The van der Waals surface area contributed by atoms with E-state index < -0.39 is 21.8 Å². The molecule has 1 fully saturated rings. The number of nitrogens with zero attached hydrogens (tertiary/aromatic N) is 1. The summed E-state index contributed by atoms with van der Waals surface area (Å²) in [5.74, 6) is -1.04. The zero-order valence-electron chi connectivity index (χ0n) is 15.6. The Balaban J connectivity index is 1.77. The molecule has 0 radical (unpaired) electrons. The molecule has 2 aromatic carbocycles. The number of sulfonamides is 1. The van der Waals surface area contributed by atoms with Gasteiger partial charge in [0.25, 0.3) is 11.8 Å². The minimum Gasteiger partial charge on any atom is -0.495 e. The van der Waals surface area contributed by atoms with Crippen molar-refractivity contribution in [2.75, 3.05) is 20.2 Å². The quantitative estimate of drug-likeness (QED) is 0.698. The first-order valence-electron chi connectivity index (χ1n) is 8.87. The number of ether oxygens (including phenoxy) is 1. The molecule has 0 saturated carbocycles. The van der Waals surface area contributed by atoms with Crippen LogP contribution in [-0.2, 0) is 10.0 Å². The Morgan fingerprint density at radius 1 is 0.966 bits per heavy atom. The number of halogens is 1. The summed E-state index contributed by atoms with van der Waals surface area (Å²) in [6, 6.07) is 10.2. The number of carbonyl (C=O) groups excluding carboxylic acids is 2. The lowest BCUT2D eigenvalue weighted by Gasteiger charge is -2.18. The van der Waals surface area contributed by atoms with Gasteiger partial charge in [0.1, 0.15) is 10.6 Å². The first-order valence-corrected chi connectivity index (χ1v) is 10.7. The molecule has 0 bridgehead atoms. The summed E-state index contributed by atoms with van der Waals surface area (Å²) in [5, 5.41) is 0.482. The summed E-state index contributed by atoms with van der Waals surface area (Å²) >= 11 is 5.78. The van der Waals surface area contributed by atoms with E-state index in [1.54, 1.807) is 12.1 Å². The van der Waals surface area contributed by atoms with E-state index in [0.29, 0.717) is 23.7 Å². The summed E-state index contributed by atoms with van der Waals surface area (Å²) in [6.45, 7) is 0.859. The van der Waals surface area contributed by atoms with E-state index in [-0.39, 0.29) is 16.2 Å². The number of nitrogens with one attached hydrogen (secondary N) is 2. The van der Waals surface area contributed by atoms with Crippen LogP contribution in [0.15, 0.2) is 47.4 Å². The van der Waals surface area contributed by atoms with Crippen LogP contribution in [0, 0.1) is 0 Å². The molecule has 2 N–H and O–H groups in total. The third-order valence-electron chi connectivity index (χ3n) is 4.50. The van der Waals surface area contributed by atoms with Gasteiger partial charge in [0.15, 0.2) is 0 Å². The van der Waals surface area contributed by atoms with E-state index in [1.807, 2.05) is 0 Å². The summed E-state index contributed by atoms with van der Waals surface area (Å²) in [5.41, 5.74) is 4.94. The van der Waals surface area contributed by atoms with Gasteiger partial charge in [-0.05, 0) is 55.3 Å². The molecule has 1 aliphatic rings. The lowest BCUT2D eigenvalue weighted by atomic mass is 10.2. The van der Waals surface area contributed by atoms with Crippen LogP contribution in [0.25, 0.3) is 0 Å². The normalized spacial score (nSPS) is 14.4. The predicted octanol–water partition coefficient (Wildman–Crippen LogP) is 2.21. The fourth-order valence-corrected chi connectivity index (χ4v) is 4.77. The number of methoxy groups -OCH3 is 1. The molecular formula is C19H20ClN3O5S. The highest BCUT2D eigenvalue weighted by Crippen LogP contribution is 2.29. The summed E-state index contributed by atoms with van der Waals surface area (Å²) in [7, 11) is -2.42. The molecule has 8 nitrogen and oxygen atoms in total. The van der Waals surface area contributed by atoms with Crippen LogP contribution in [0.3, 0.4) is 0 Å². The molecule has 1 saturated heterocycles. The number of carbonyl (C=O) groups is 2. The number of benzene rings is 2. The topological polar surface area (TPSA) is 105 Å². The van der Waals surface area contributed by atoms with Crippen molar-refractivity contribution in [3.63, 3.8) is 0 Å². The Bertz CT molecular complexity index is 1020. The molecule has 3 rings (SSSR count). The molecule has 0 aliphatic carbocycles. The minimum absolute atomic E-state index is 0.0694. The Morgan fingerprint density at radius 3 is 2.10 bits per heavy atom. The van der Waals surface area contributed by atoms with Gasteiger partial charge in [0, 0.05) is 29.2 Å². The van der Waals surface area contributed by atoms with Gasteiger partial charge in [-0.15, -0.1) is 0 Å². The molecule has 29 heavy (non-hydrogen) atoms. The third-order valence-corrected chi connectivity index (χ3v) is 6.68. The Kier molecular flexibility index (Phi) is 6.41. The smallest absolute Gasteiger partial charge is 0.269 e. The molecule has 2 amide bonds. The van der Waals surface area contributed by atoms with Crippen molar-refractivity contribution in [3.8, 4) is 5.75 Å². The maximum absolute atomic E-state index is 12.9. The van der Waals surface area contributed by atoms with Gasteiger partial charge in [0.2, 0.25) is 10.0 Å². The van der Waals surface area contributed by atoms with Gasteiger partial charge in [-0.25, -0.2) is 8.42 Å². The monoisotopic (exact) mass is 437 g/mol. The van der Waals surface area contributed by atoms with Crippen LogP contribution in [0.4, 0.5) is 0 Å². The van der Waals surface area contributed by atoms with Crippen molar-refractivity contribution >= 4 is 33.4 Å². The molecule has 0 spiro atoms. The van der Waals surface area contributed by atoms with E-state index in [2.05, 4.69) is 10.9 Å². The highest BCUT2D eigenvalue weighted by Gasteiger charge is 2.30. The van der Waals surface area contributed by atoms with Crippen LogP contribution in [0.1, 0.15) is 33.6 Å². The number of hydrogen-bond donors (Lipinski definition) is 2. The maximum Gasteiger partial charge on any atom is 0.269 e. The summed E-state index contributed by atoms with van der Waals surface area (Å²) in [6.07, 6.45) is 1.58. The van der Waals surface area contributed by atoms with Crippen molar-refractivity contribution in [2.24, 2.45) is 0 Å². The van der Waals surface area contributed by atoms with Crippen molar-refractivity contribution in [3.05, 3.63) is 58.6 Å². The molecule has 1 heterocycles. The highest BCUT2D eigenvalue weighted by molar-refractivity contribution is 7.89. The van der Waals surface area contributed by atoms with E-state index in [4.69, 9.17) is 16.3 Å². The van der Waals surface area contributed by atoms with E-state index in [1.165, 1.54) is 41.7 Å². The average Bonchev–Trinajstić information content (AvgIpc) is 3.27. The predicted molar refractivity (Wildman–Crippen MR) is 107 cm³/mol. The average molecular weight is 438 g/mol. The Hall–Kier alpha value is -2.62. The van der Waals surface area contributed by atoms with Gasteiger partial charge < -0.3 is 4.74 Å². The number of hydrogen-bond acceptors (Lipinski definition) is 5. The Morgan fingerprint density at radius 2 is 1.52 bits per heavy atom. The van der Waals surface area contributed by atoms with Crippen LogP contribution < -0.4 is 15.6 Å². The lowest BCUT2D eigenvalue weighted by molar-refractivity contribution is 0.0846. The molecule has 10 heteroatoms. The van der Waals surface area contributed by atoms with Gasteiger partial charge in [-0.3, -0.25) is 20.4 Å². The Labute approximate surface area is 173 Å². The van der Waals surface area contributed by atoms with Gasteiger partial charge in [-0.2, -0.15) is 4.31 Å². The second-order valence-electron chi connectivity index (χ2n) is 6.39. The van der Waals surface area contributed by atoms with Crippen molar-refractivity contribution in [1.29, 1.82) is 0 Å². The summed E-state index contributed by atoms with van der Waals surface area (Å²) < 4.78 is 32.3. The fraction of sp³-hybridized carbons (Fsp3) is 0.263. The zero-order chi connectivity index (χ0) is 21.0. The highest BCUT2D eigenvalue weighted by atomic mass is 35.5. The molecule has 0 aromatic heterocycles.